The van der Waals surface area contributed by atoms with Crippen molar-refractivity contribution in [2.75, 3.05) is 13.1 Å². The molecule has 204 valence electrons. The molecule has 0 spiro atoms. The molecule has 0 aromatic heterocycles. The monoisotopic (exact) mass is 506 g/mol. The number of hydrogen-bond donors (Lipinski definition) is 5. The molecule has 1 saturated heterocycles. The summed E-state index contributed by atoms with van der Waals surface area (Å²) < 4.78 is 0. The topological polar surface area (TPSA) is 136 Å². The summed E-state index contributed by atoms with van der Waals surface area (Å²) in [5, 5.41) is 35.3. The fourth-order valence-electron chi connectivity index (χ4n) is 9.26. The van der Waals surface area contributed by atoms with Crippen molar-refractivity contribution in [2.45, 2.75) is 97.1 Å². The summed E-state index contributed by atoms with van der Waals surface area (Å²) in [4.78, 5) is 34.3. The summed E-state index contributed by atoms with van der Waals surface area (Å²) in [7, 11) is 0. The first kappa shape index (κ1) is 27.4. The molecule has 0 aromatic carbocycles. The molecule has 0 aromatic rings. The summed E-state index contributed by atoms with van der Waals surface area (Å²) in [6.07, 6.45) is 7.83. The second-order valence-corrected chi connectivity index (χ2v) is 12.9. The Morgan fingerprint density at radius 1 is 1.06 bits per heavy atom. The summed E-state index contributed by atoms with van der Waals surface area (Å²) >= 11 is 0. The van der Waals surface area contributed by atoms with Gasteiger partial charge in [-0.3, -0.25) is 9.59 Å². The van der Waals surface area contributed by atoms with Gasteiger partial charge in [0.2, 0.25) is 5.91 Å². The number of aliphatic carboxylic acids is 2. The standard InChI is InChI=1S/C28H46N2O6/c1-16(5-4-6-23(32)30-21(26(35)36)14-24(33)34)18-7-8-19-25-20(9-10-28(18,19)3)27(2)11-12-29-15-17(27)13-22(25)31/h16-22,25,29,31H,4-15H2,1-3H3,(H,30,32)(H,33,34)(H,35,36)/t16-,17-,18-,19+,20+,21+,22+,25+,27+,28-/m1/s1. The van der Waals surface area contributed by atoms with Gasteiger partial charge < -0.3 is 26.0 Å². The minimum atomic E-state index is -1.39. The number of hydrogen-bond acceptors (Lipinski definition) is 5. The van der Waals surface area contributed by atoms with Gasteiger partial charge in [0.1, 0.15) is 6.04 Å². The molecule has 4 fully saturated rings. The maximum Gasteiger partial charge on any atom is 0.326 e. The number of carboxylic acids is 2. The van der Waals surface area contributed by atoms with E-state index < -0.39 is 30.3 Å². The van der Waals surface area contributed by atoms with Gasteiger partial charge in [0.05, 0.1) is 12.5 Å². The zero-order valence-corrected chi connectivity index (χ0v) is 22.2. The van der Waals surface area contributed by atoms with Gasteiger partial charge in [-0.15, -0.1) is 0 Å². The molecule has 36 heavy (non-hydrogen) atoms. The van der Waals surface area contributed by atoms with Crippen molar-refractivity contribution >= 4 is 17.8 Å². The Morgan fingerprint density at radius 3 is 2.47 bits per heavy atom. The van der Waals surface area contributed by atoms with E-state index in [1.54, 1.807) is 0 Å². The van der Waals surface area contributed by atoms with Crippen LogP contribution < -0.4 is 10.6 Å². The van der Waals surface area contributed by atoms with Crippen molar-refractivity contribution in [3.63, 3.8) is 0 Å². The Kier molecular flexibility index (Phi) is 8.06. The number of fused-ring (bicyclic) bond motifs is 5. The predicted molar refractivity (Wildman–Crippen MR) is 135 cm³/mol. The molecule has 1 amide bonds. The summed E-state index contributed by atoms with van der Waals surface area (Å²) in [5.41, 5.74) is 0.553. The largest absolute Gasteiger partial charge is 0.481 e. The molecule has 1 heterocycles. The number of nitrogens with one attached hydrogen (secondary N) is 2. The lowest BCUT2D eigenvalue weighted by molar-refractivity contribution is -0.161. The highest BCUT2D eigenvalue weighted by molar-refractivity contribution is 5.86. The third-order valence-electron chi connectivity index (χ3n) is 11.1. The number of aliphatic hydroxyl groups is 1. The SMILES string of the molecule is C[C@H](CCCC(=O)N[C@@H](CC(=O)O)C(=O)O)[C@H]1CC[C@H]2[C@@H]3[C@@H](O)C[C@@H]4CNCC[C@]4(C)[C@H]3CC[C@]12C. The van der Waals surface area contributed by atoms with Crippen molar-refractivity contribution in [1.29, 1.82) is 0 Å². The van der Waals surface area contributed by atoms with E-state index in [4.69, 9.17) is 10.2 Å². The molecular weight excluding hydrogens is 460 g/mol. The zero-order valence-electron chi connectivity index (χ0n) is 22.2. The number of rotatable bonds is 9. The molecule has 3 saturated carbocycles. The van der Waals surface area contributed by atoms with E-state index >= 15 is 0 Å². The first-order valence-corrected chi connectivity index (χ1v) is 14.1. The van der Waals surface area contributed by atoms with Crippen molar-refractivity contribution in [3.8, 4) is 0 Å². The molecule has 4 rings (SSSR count). The first-order valence-electron chi connectivity index (χ1n) is 14.1. The fourth-order valence-corrected chi connectivity index (χ4v) is 9.26. The van der Waals surface area contributed by atoms with Gasteiger partial charge in [-0.1, -0.05) is 20.8 Å². The van der Waals surface area contributed by atoms with Gasteiger partial charge in [0, 0.05) is 6.42 Å². The fraction of sp³-hybridized carbons (Fsp3) is 0.893. The zero-order chi connectivity index (χ0) is 26.3. The lowest BCUT2D eigenvalue weighted by Gasteiger charge is -2.62. The van der Waals surface area contributed by atoms with E-state index in [0.29, 0.717) is 47.3 Å². The molecule has 3 aliphatic carbocycles. The summed E-state index contributed by atoms with van der Waals surface area (Å²) in [6.45, 7) is 9.37. The molecular formula is C28H46N2O6. The van der Waals surface area contributed by atoms with Crippen molar-refractivity contribution in [3.05, 3.63) is 0 Å². The molecule has 8 heteroatoms. The van der Waals surface area contributed by atoms with Gasteiger partial charge in [-0.05, 0) is 111 Å². The molecule has 10 atom stereocenters. The minimum absolute atomic E-state index is 0.205. The number of carbonyl (C=O) groups excluding carboxylic acids is 1. The van der Waals surface area contributed by atoms with E-state index in [1.807, 2.05) is 0 Å². The van der Waals surface area contributed by atoms with E-state index in [2.05, 4.69) is 31.4 Å². The van der Waals surface area contributed by atoms with Crippen molar-refractivity contribution in [1.82, 2.24) is 10.6 Å². The highest BCUT2D eigenvalue weighted by Crippen LogP contribution is 2.67. The average molecular weight is 507 g/mol. The third kappa shape index (κ3) is 5.04. The maximum atomic E-state index is 12.3. The average Bonchev–Trinajstić information content (AvgIpc) is 3.15. The van der Waals surface area contributed by atoms with Crippen LogP contribution in [0.1, 0.15) is 85.0 Å². The molecule has 0 bridgehead atoms. The number of amides is 1. The Hall–Kier alpha value is -1.67. The highest BCUT2D eigenvalue weighted by Gasteiger charge is 2.62. The quantitative estimate of drug-likeness (QED) is 0.324. The van der Waals surface area contributed by atoms with Crippen LogP contribution in [-0.4, -0.2) is 58.4 Å². The van der Waals surface area contributed by atoms with E-state index in [0.717, 1.165) is 25.9 Å². The second kappa shape index (κ2) is 10.6. The van der Waals surface area contributed by atoms with Crippen molar-refractivity contribution < 1.29 is 29.7 Å². The highest BCUT2D eigenvalue weighted by atomic mass is 16.4. The van der Waals surface area contributed by atoms with Crippen LogP contribution in [0.4, 0.5) is 0 Å². The first-order chi connectivity index (χ1) is 17.0. The van der Waals surface area contributed by atoms with E-state index in [9.17, 15) is 19.5 Å². The number of aliphatic hydroxyl groups excluding tert-OH is 1. The third-order valence-corrected chi connectivity index (χ3v) is 11.1. The van der Waals surface area contributed by atoms with Crippen LogP contribution in [0, 0.1) is 46.3 Å². The van der Waals surface area contributed by atoms with E-state index in [1.165, 1.54) is 32.1 Å². The van der Waals surface area contributed by atoms with Crippen molar-refractivity contribution in [2.24, 2.45) is 46.3 Å². The lowest BCUT2D eigenvalue weighted by atomic mass is 9.45. The second-order valence-electron chi connectivity index (χ2n) is 12.9. The van der Waals surface area contributed by atoms with Gasteiger partial charge in [0.15, 0.2) is 0 Å². The summed E-state index contributed by atoms with van der Waals surface area (Å²) in [5.74, 6) is 0.175. The Labute approximate surface area is 215 Å². The van der Waals surface area contributed by atoms with Crippen LogP contribution >= 0.6 is 0 Å². The lowest BCUT2D eigenvalue weighted by Crippen LogP contribution is -2.60. The van der Waals surface area contributed by atoms with E-state index in [-0.39, 0.29) is 17.9 Å². The molecule has 0 radical (unpaired) electrons. The van der Waals surface area contributed by atoms with Crippen LogP contribution in [-0.2, 0) is 14.4 Å². The molecule has 8 nitrogen and oxygen atoms in total. The minimum Gasteiger partial charge on any atom is -0.481 e. The number of piperidine rings is 1. The maximum absolute atomic E-state index is 12.3. The van der Waals surface area contributed by atoms with Gasteiger partial charge in [-0.25, -0.2) is 4.79 Å². The molecule has 1 aliphatic heterocycles. The number of carbonyl (C=O) groups is 3. The van der Waals surface area contributed by atoms with Gasteiger partial charge >= 0.3 is 11.9 Å². The van der Waals surface area contributed by atoms with Gasteiger partial charge in [0.25, 0.3) is 0 Å². The smallest absolute Gasteiger partial charge is 0.326 e. The predicted octanol–water partition coefficient (Wildman–Crippen LogP) is 3.28. The van der Waals surface area contributed by atoms with Crippen LogP contribution in [0.15, 0.2) is 0 Å². The Balaban J connectivity index is 1.34. The summed E-state index contributed by atoms with van der Waals surface area (Å²) in [6, 6.07) is -1.39. The molecule has 0 unspecified atom stereocenters. The van der Waals surface area contributed by atoms with Crippen LogP contribution in [0.25, 0.3) is 0 Å². The van der Waals surface area contributed by atoms with Crippen LogP contribution in [0.3, 0.4) is 0 Å². The van der Waals surface area contributed by atoms with Crippen LogP contribution in [0.5, 0.6) is 0 Å². The Morgan fingerprint density at radius 2 is 1.78 bits per heavy atom. The molecule has 4 aliphatic rings. The molecule has 5 N–H and O–H groups in total. The Bertz CT molecular complexity index is 850. The normalized spacial score (nSPS) is 41.3. The van der Waals surface area contributed by atoms with Crippen LogP contribution in [0.2, 0.25) is 0 Å². The number of carboxylic acid groups (broad SMARTS) is 2. The van der Waals surface area contributed by atoms with Gasteiger partial charge in [-0.2, -0.15) is 0 Å².